The molecule has 8 heteroatoms. The van der Waals surface area contributed by atoms with Gasteiger partial charge in [-0.05, 0) is 12.5 Å². The zero-order chi connectivity index (χ0) is 16.4. The highest BCUT2D eigenvalue weighted by molar-refractivity contribution is 6.37. The van der Waals surface area contributed by atoms with Crippen molar-refractivity contribution < 1.29 is 14.3 Å². The van der Waals surface area contributed by atoms with E-state index in [0.29, 0.717) is 13.2 Å². The van der Waals surface area contributed by atoms with E-state index in [1.807, 2.05) is 30.3 Å². The zero-order valence-electron chi connectivity index (χ0n) is 12.5. The summed E-state index contributed by atoms with van der Waals surface area (Å²) < 4.78 is 4.74. The van der Waals surface area contributed by atoms with Crippen molar-refractivity contribution in [2.45, 2.75) is 19.9 Å². The molecule has 0 aliphatic rings. The van der Waals surface area contributed by atoms with Gasteiger partial charge in [0.05, 0.1) is 19.6 Å². The summed E-state index contributed by atoms with van der Waals surface area (Å²) in [6, 6.07) is 9.39. The van der Waals surface area contributed by atoms with Crippen LogP contribution in [0.15, 0.2) is 35.4 Å². The fourth-order valence-electron chi connectivity index (χ4n) is 1.59. The number of esters is 1. The summed E-state index contributed by atoms with van der Waals surface area (Å²) in [6.45, 7) is 2.45. The molecule has 1 rings (SSSR count). The van der Waals surface area contributed by atoms with E-state index in [0.717, 1.165) is 10.7 Å². The minimum absolute atomic E-state index is 0.0726. The van der Waals surface area contributed by atoms with Gasteiger partial charge in [0.15, 0.2) is 0 Å². The number of hydrazine groups is 1. The molecule has 0 bridgehead atoms. The van der Waals surface area contributed by atoms with Crippen LogP contribution in [0.4, 0.5) is 0 Å². The molecule has 0 aliphatic heterocycles. The van der Waals surface area contributed by atoms with Crippen LogP contribution in [0.25, 0.3) is 0 Å². The minimum Gasteiger partial charge on any atom is -0.466 e. The summed E-state index contributed by atoms with van der Waals surface area (Å²) in [6.07, 6.45) is 0.0726. The topological polar surface area (TPSA) is 123 Å². The second-order valence-corrected chi connectivity index (χ2v) is 4.38. The number of nitrogens with zero attached hydrogens (tertiary/aromatic N) is 2. The summed E-state index contributed by atoms with van der Waals surface area (Å²) in [5, 5.41) is 7.33. The van der Waals surface area contributed by atoms with Crippen LogP contribution in [-0.2, 0) is 20.9 Å². The Balaban J connectivity index is 2.39. The van der Waals surface area contributed by atoms with Crippen molar-refractivity contribution in [1.29, 1.82) is 0 Å². The van der Waals surface area contributed by atoms with E-state index in [-0.39, 0.29) is 24.8 Å². The maximum atomic E-state index is 11.7. The summed E-state index contributed by atoms with van der Waals surface area (Å²) in [5.74, 6) is 4.42. The fraction of sp³-hybridized carbons (Fsp3) is 0.357. The Hall–Kier alpha value is -2.61. The monoisotopic (exact) mass is 307 g/mol. The molecule has 0 aromatic heterocycles. The van der Waals surface area contributed by atoms with Gasteiger partial charge >= 0.3 is 5.97 Å². The van der Waals surface area contributed by atoms with Gasteiger partial charge in [-0.25, -0.2) is 11.0 Å². The molecule has 5 N–H and O–H groups in total. The van der Waals surface area contributed by atoms with Crippen molar-refractivity contribution in [1.82, 2.24) is 10.4 Å². The third kappa shape index (κ3) is 6.71. The number of nitrogens with two attached hydrogens (primary N) is 2. The Morgan fingerprint density at radius 3 is 2.64 bits per heavy atom. The van der Waals surface area contributed by atoms with Gasteiger partial charge in [-0.3, -0.25) is 9.59 Å². The quantitative estimate of drug-likeness (QED) is 0.209. The Kier molecular flexibility index (Phi) is 7.41. The second kappa shape index (κ2) is 9.35. The van der Waals surface area contributed by atoms with E-state index in [4.69, 9.17) is 16.3 Å². The molecule has 120 valence electrons. The molecule has 0 unspecified atom stereocenters. The number of amides is 1. The summed E-state index contributed by atoms with van der Waals surface area (Å²) in [5.41, 5.74) is 6.48. The van der Waals surface area contributed by atoms with Gasteiger partial charge in [0.1, 0.15) is 0 Å². The first-order chi connectivity index (χ1) is 10.5. The average molecular weight is 307 g/mol. The van der Waals surface area contributed by atoms with Crippen LogP contribution in [-0.4, -0.2) is 36.0 Å². The Morgan fingerprint density at radius 1 is 1.32 bits per heavy atom. The van der Waals surface area contributed by atoms with Gasteiger partial charge in [0.2, 0.25) is 5.84 Å². The lowest BCUT2D eigenvalue weighted by Crippen LogP contribution is -2.40. The predicted octanol–water partition coefficient (Wildman–Crippen LogP) is -0.296. The maximum Gasteiger partial charge on any atom is 0.307 e. The van der Waals surface area contributed by atoms with Gasteiger partial charge in [-0.1, -0.05) is 30.3 Å². The Morgan fingerprint density at radius 2 is 2.00 bits per heavy atom. The molecular weight excluding hydrogens is 286 g/mol. The normalized spacial score (nSPS) is 10.9. The van der Waals surface area contributed by atoms with Crippen molar-refractivity contribution in [3.05, 3.63) is 35.9 Å². The number of hydrogen-bond acceptors (Lipinski definition) is 6. The molecule has 1 aromatic carbocycles. The third-order valence-corrected chi connectivity index (χ3v) is 2.58. The van der Waals surface area contributed by atoms with Gasteiger partial charge in [0, 0.05) is 6.54 Å². The van der Waals surface area contributed by atoms with Gasteiger partial charge < -0.3 is 15.8 Å². The molecule has 1 aromatic rings. The number of carbonyl (C=O) groups is 2. The predicted molar refractivity (Wildman–Crippen MR) is 82.1 cm³/mol. The van der Waals surface area contributed by atoms with E-state index in [1.54, 1.807) is 6.92 Å². The molecule has 8 nitrogen and oxygen atoms in total. The van der Waals surface area contributed by atoms with Crippen LogP contribution < -0.4 is 16.9 Å². The lowest BCUT2D eigenvalue weighted by molar-refractivity contribution is -0.142. The van der Waals surface area contributed by atoms with Crippen LogP contribution >= 0.6 is 0 Å². The number of benzene rings is 1. The molecule has 0 saturated carbocycles. The number of hydrazone groups is 1. The molecule has 0 saturated heterocycles. The van der Waals surface area contributed by atoms with Crippen LogP contribution in [0.2, 0.25) is 0 Å². The number of amidine groups is 1. The number of carbonyl (C=O) groups excluding carboxylic acids is 2. The molecule has 1 amide bonds. The first kappa shape index (κ1) is 17.4. The summed E-state index contributed by atoms with van der Waals surface area (Å²) >= 11 is 0. The van der Waals surface area contributed by atoms with Crippen molar-refractivity contribution in [3.63, 3.8) is 0 Å². The van der Waals surface area contributed by atoms with Crippen LogP contribution in [0.3, 0.4) is 0 Å². The van der Waals surface area contributed by atoms with Crippen molar-refractivity contribution in [3.8, 4) is 0 Å². The van der Waals surface area contributed by atoms with Crippen LogP contribution in [0.5, 0.6) is 0 Å². The molecule has 0 atom stereocenters. The Bertz CT molecular complexity index is 518. The average Bonchev–Trinajstić information content (AvgIpc) is 2.48. The second-order valence-electron chi connectivity index (χ2n) is 4.38. The molecule has 0 aliphatic carbocycles. The van der Waals surface area contributed by atoms with Crippen LogP contribution in [0, 0.1) is 0 Å². The molecular formula is C14H21N5O3. The van der Waals surface area contributed by atoms with E-state index in [2.05, 4.69) is 10.4 Å². The number of ether oxygens (including phenoxy) is 1. The molecule has 0 heterocycles. The van der Waals surface area contributed by atoms with Crippen molar-refractivity contribution in [2.24, 2.45) is 16.7 Å². The first-order valence-corrected chi connectivity index (χ1v) is 6.87. The Labute approximate surface area is 129 Å². The first-order valence-electron chi connectivity index (χ1n) is 6.87. The largest absolute Gasteiger partial charge is 0.466 e. The number of nitrogens with one attached hydrogen (secondary N) is 1. The van der Waals surface area contributed by atoms with E-state index < -0.39 is 5.91 Å². The summed E-state index contributed by atoms with van der Waals surface area (Å²) in [7, 11) is 0. The van der Waals surface area contributed by atoms with Crippen molar-refractivity contribution in [2.75, 3.05) is 13.2 Å². The van der Waals surface area contributed by atoms with Gasteiger partial charge in [-0.15, -0.1) is 5.10 Å². The highest BCUT2D eigenvalue weighted by Gasteiger charge is 2.09. The standard InChI is InChI=1S/C14H21N5O3/c1-2-22-12(20)8-9-17-14(21)13(15)18-19(16)10-11-6-4-3-5-7-11/h3-7H,2,8-10,16H2,1H3,(H2,15,18)(H,17,21). The molecule has 22 heavy (non-hydrogen) atoms. The fourth-order valence-corrected chi connectivity index (χ4v) is 1.59. The smallest absolute Gasteiger partial charge is 0.307 e. The maximum absolute atomic E-state index is 11.7. The van der Waals surface area contributed by atoms with Crippen molar-refractivity contribution >= 4 is 17.7 Å². The highest BCUT2D eigenvalue weighted by Crippen LogP contribution is 2.01. The highest BCUT2D eigenvalue weighted by atomic mass is 16.5. The van der Waals surface area contributed by atoms with Crippen LogP contribution in [0.1, 0.15) is 18.9 Å². The molecule has 0 radical (unpaired) electrons. The number of rotatable bonds is 7. The lowest BCUT2D eigenvalue weighted by atomic mass is 10.2. The third-order valence-electron chi connectivity index (χ3n) is 2.58. The van der Waals surface area contributed by atoms with E-state index in [1.165, 1.54) is 0 Å². The zero-order valence-corrected chi connectivity index (χ0v) is 12.5. The molecule has 0 spiro atoms. The SMILES string of the molecule is CCOC(=O)CCNC(=O)/C(N)=N/N(N)Cc1ccccc1. The number of hydrogen-bond donors (Lipinski definition) is 3. The summed E-state index contributed by atoms with van der Waals surface area (Å²) in [4.78, 5) is 22.8. The van der Waals surface area contributed by atoms with E-state index in [9.17, 15) is 9.59 Å². The molecule has 0 fully saturated rings. The lowest BCUT2D eigenvalue weighted by Gasteiger charge is -2.13. The van der Waals surface area contributed by atoms with E-state index >= 15 is 0 Å². The minimum atomic E-state index is -0.590. The van der Waals surface area contributed by atoms with Gasteiger partial charge in [-0.2, -0.15) is 0 Å². The van der Waals surface area contributed by atoms with Gasteiger partial charge in [0.25, 0.3) is 5.91 Å².